The molecule has 4 nitrogen and oxygen atoms in total. The average molecular weight is 293 g/mol. The molecule has 4 heteroatoms. The number of aryl methyl sites for hydroxylation is 1. The quantitative estimate of drug-likeness (QED) is 0.580. The van der Waals surface area contributed by atoms with E-state index < -0.39 is 0 Å². The zero-order chi connectivity index (χ0) is 15.4. The summed E-state index contributed by atoms with van der Waals surface area (Å²) in [5.74, 6) is 0.0342. The number of amides is 1. The number of rotatable bonds is 5. The Morgan fingerprint density at radius 1 is 1.05 bits per heavy atom. The molecule has 1 amide bonds. The van der Waals surface area contributed by atoms with Gasteiger partial charge in [-0.1, -0.05) is 18.2 Å². The van der Waals surface area contributed by atoms with Crippen LogP contribution in [0.3, 0.4) is 0 Å². The van der Waals surface area contributed by atoms with Crippen LogP contribution < -0.4 is 5.32 Å². The molecular formula is C18H19N3O. The van der Waals surface area contributed by atoms with Gasteiger partial charge in [-0.15, -0.1) is 0 Å². The molecule has 0 spiro atoms. The largest absolute Gasteiger partial charge is 0.356 e. The summed E-state index contributed by atoms with van der Waals surface area (Å²) >= 11 is 0. The molecule has 0 radical (unpaired) electrons. The van der Waals surface area contributed by atoms with Crippen molar-refractivity contribution in [2.24, 2.45) is 0 Å². The van der Waals surface area contributed by atoms with Crippen LogP contribution in [0.15, 0.2) is 42.7 Å². The molecule has 0 bridgehead atoms. The third-order valence-corrected chi connectivity index (χ3v) is 3.82. The SMILES string of the molecule is CC(=O)NCCCCc1ccnc2c1ccc1cccnc12. The molecule has 0 unspecified atom stereocenters. The van der Waals surface area contributed by atoms with Crippen molar-refractivity contribution in [2.75, 3.05) is 6.54 Å². The van der Waals surface area contributed by atoms with Crippen LogP contribution >= 0.6 is 0 Å². The zero-order valence-corrected chi connectivity index (χ0v) is 12.7. The van der Waals surface area contributed by atoms with Crippen molar-refractivity contribution >= 4 is 27.7 Å². The molecule has 1 N–H and O–H groups in total. The van der Waals surface area contributed by atoms with Gasteiger partial charge in [0.05, 0.1) is 11.0 Å². The molecule has 0 saturated heterocycles. The molecule has 2 heterocycles. The molecule has 0 aliphatic carbocycles. The summed E-state index contributed by atoms with van der Waals surface area (Å²) in [5, 5.41) is 5.12. The maximum Gasteiger partial charge on any atom is 0.216 e. The van der Waals surface area contributed by atoms with Gasteiger partial charge in [-0.25, -0.2) is 0 Å². The van der Waals surface area contributed by atoms with Crippen molar-refractivity contribution in [2.45, 2.75) is 26.2 Å². The standard InChI is InChI=1S/C18H19N3O/c1-13(22)19-10-3-2-5-14-9-12-21-18-16(14)8-7-15-6-4-11-20-17(15)18/h4,6-9,11-12H,2-3,5,10H2,1H3,(H,19,22). The van der Waals surface area contributed by atoms with E-state index in [0.717, 1.165) is 42.2 Å². The van der Waals surface area contributed by atoms with Gasteiger partial charge in [0.15, 0.2) is 0 Å². The van der Waals surface area contributed by atoms with Crippen molar-refractivity contribution < 1.29 is 4.79 Å². The van der Waals surface area contributed by atoms with Crippen LogP contribution in [-0.4, -0.2) is 22.4 Å². The van der Waals surface area contributed by atoms with E-state index in [0.29, 0.717) is 0 Å². The highest BCUT2D eigenvalue weighted by Gasteiger charge is 2.06. The number of pyridine rings is 2. The molecule has 22 heavy (non-hydrogen) atoms. The Morgan fingerprint density at radius 3 is 2.77 bits per heavy atom. The summed E-state index contributed by atoms with van der Waals surface area (Å²) in [6.07, 6.45) is 6.68. The fourth-order valence-electron chi connectivity index (χ4n) is 2.73. The summed E-state index contributed by atoms with van der Waals surface area (Å²) in [6, 6.07) is 10.3. The minimum atomic E-state index is 0.0342. The van der Waals surface area contributed by atoms with E-state index in [9.17, 15) is 4.79 Å². The van der Waals surface area contributed by atoms with Gasteiger partial charge in [0.25, 0.3) is 0 Å². The van der Waals surface area contributed by atoms with Crippen LogP contribution in [0.25, 0.3) is 21.8 Å². The smallest absolute Gasteiger partial charge is 0.216 e. The number of hydrogen-bond acceptors (Lipinski definition) is 3. The van der Waals surface area contributed by atoms with E-state index in [1.807, 2.05) is 18.5 Å². The second-order valence-corrected chi connectivity index (χ2v) is 5.45. The van der Waals surface area contributed by atoms with E-state index in [1.165, 1.54) is 10.9 Å². The van der Waals surface area contributed by atoms with Crippen LogP contribution in [0, 0.1) is 0 Å². The summed E-state index contributed by atoms with van der Waals surface area (Å²) in [4.78, 5) is 19.8. The molecule has 0 aliphatic heterocycles. The van der Waals surface area contributed by atoms with Crippen LogP contribution in [0.4, 0.5) is 0 Å². The Morgan fingerprint density at radius 2 is 1.91 bits per heavy atom. The van der Waals surface area contributed by atoms with Crippen molar-refractivity contribution in [1.82, 2.24) is 15.3 Å². The molecule has 0 saturated carbocycles. The fraction of sp³-hybridized carbons (Fsp3) is 0.278. The fourth-order valence-corrected chi connectivity index (χ4v) is 2.73. The average Bonchev–Trinajstić information content (AvgIpc) is 2.54. The van der Waals surface area contributed by atoms with E-state index in [2.05, 4.69) is 39.6 Å². The summed E-state index contributed by atoms with van der Waals surface area (Å²) < 4.78 is 0. The Kier molecular flexibility index (Phi) is 4.28. The number of unbranched alkanes of at least 4 members (excludes halogenated alkanes) is 1. The molecule has 1 aromatic carbocycles. The first kappa shape index (κ1) is 14.4. The lowest BCUT2D eigenvalue weighted by atomic mass is 10.0. The van der Waals surface area contributed by atoms with Gasteiger partial charge in [-0.05, 0) is 37.0 Å². The second-order valence-electron chi connectivity index (χ2n) is 5.45. The zero-order valence-electron chi connectivity index (χ0n) is 12.7. The van der Waals surface area contributed by atoms with Crippen molar-refractivity contribution in [3.05, 3.63) is 48.3 Å². The van der Waals surface area contributed by atoms with Gasteiger partial charge in [0, 0.05) is 36.6 Å². The van der Waals surface area contributed by atoms with Gasteiger partial charge in [0.1, 0.15) is 0 Å². The third kappa shape index (κ3) is 3.06. The lowest BCUT2D eigenvalue weighted by molar-refractivity contribution is -0.118. The van der Waals surface area contributed by atoms with Gasteiger partial charge >= 0.3 is 0 Å². The molecule has 112 valence electrons. The minimum absolute atomic E-state index is 0.0342. The number of hydrogen-bond donors (Lipinski definition) is 1. The maximum atomic E-state index is 10.8. The lowest BCUT2D eigenvalue weighted by Crippen LogP contribution is -2.20. The summed E-state index contributed by atoms with van der Waals surface area (Å²) in [7, 11) is 0. The first-order valence-electron chi connectivity index (χ1n) is 7.61. The monoisotopic (exact) mass is 293 g/mol. The Balaban J connectivity index is 1.81. The van der Waals surface area contributed by atoms with Gasteiger partial charge in [-0.2, -0.15) is 0 Å². The molecule has 0 fully saturated rings. The van der Waals surface area contributed by atoms with Gasteiger partial charge in [-0.3, -0.25) is 14.8 Å². The maximum absolute atomic E-state index is 10.8. The van der Waals surface area contributed by atoms with E-state index in [4.69, 9.17) is 0 Å². The Bertz CT molecular complexity index is 814. The molecule has 2 aromatic heterocycles. The van der Waals surface area contributed by atoms with Gasteiger partial charge in [0.2, 0.25) is 5.91 Å². The van der Waals surface area contributed by atoms with Crippen LogP contribution in [-0.2, 0) is 11.2 Å². The van der Waals surface area contributed by atoms with E-state index >= 15 is 0 Å². The summed E-state index contributed by atoms with van der Waals surface area (Å²) in [5.41, 5.74) is 3.22. The van der Waals surface area contributed by atoms with Crippen LogP contribution in [0.2, 0.25) is 0 Å². The van der Waals surface area contributed by atoms with Crippen molar-refractivity contribution in [3.63, 3.8) is 0 Å². The molecule has 3 rings (SSSR count). The highest BCUT2D eigenvalue weighted by molar-refractivity contribution is 6.03. The van der Waals surface area contributed by atoms with Crippen LogP contribution in [0.1, 0.15) is 25.3 Å². The predicted octanol–water partition coefficient (Wildman–Crippen LogP) is 3.24. The van der Waals surface area contributed by atoms with Crippen LogP contribution in [0.5, 0.6) is 0 Å². The van der Waals surface area contributed by atoms with E-state index in [-0.39, 0.29) is 5.91 Å². The first-order chi connectivity index (χ1) is 10.8. The number of carbonyl (C=O) groups is 1. The number of benzene rings is 1. The lowest BCUT2D eigenvalue weighted by Gasteiger charge is -2.08. The molecule has 0 atom stereocenters. The number of aromatic nitrogens is 2. The number of fused-ring (bicyclic) bond motifs is 3. The Labute approximate surface area is 129 Å². The molecular weight excluding hydrogens is 274 g/mol. The third-order valence-electron chi connectivity index (χ3n) is 3.82. The van der Waals surface area contributed by atoms with Crippen molar-refractivity contribution in [1.29, 1.82) is 0 Å². The van der Waals surface area contributed by atoms with Gasteiger partial charge < -0.3 is 5.32 Å². The molecule has 3 aromatic rings. The minimum Gasteiger partial charge on any atom is -0.356 e. The van der Waals surface area contributed by atoms with E-state index in [1.54, 1.807) is 6.92 Å². The highest BCUT2D eigenvalue weighted by Crippen LogP contribution is 2.25. The number of carbonyl (C=O) groups excluding carboxylic acids is 1. The molecule has 0 aliphatic rings. The summed E-state index contributed by atoms with van der Waals surface area (Å²) in [6.45, 7) is 2.29. The topological polar surface area (TPSA) is 54.9 Å². The Hall–Kier alpha value is -2.49. The first-order valence-corrected chi connectivity index (χ1v) is 7.61. The highest BCUT2D eigenvalue weighted by atomic mass is 16.1. The van der Waals surface area contributed by atoms with Crippen molar-refractivity contribution in [3.8, 4) is 0 Å². The predicted molar refractivity (Wildman–Crippen MR) is 88.7 cm³/mol. The second kappa shape index (κ2) is 6.52. The normalized spacial score (nSPS) is 11.0. The number of nitrogens with one attached hydrogen (secondary N) is 1. The number of nitrogens with zero attached hydrogens (tertiary/aromatic N) is 2.